The fourth-order valence-electron chi connectivity index (χ4n) is 1.24. The molecule has 0 spiro atoms. The topological polar surface area (TPSA) is 54.0 Å². The van der Waals surface area contributed by atoms with Crippen LogP contribution in [0.5, 0.6) is 0 Å². The highest BCUT2D eigenvalue weighted by Crippen LogP contribution is 2.11. The average molecular weight is 227 g/mol. The summed E-state index contributed by atoms with van der Waals surface area (Å²) in [5.74, 6) is 0.0837. The van der Waals surface area contributed by atoms with Gasteiger partial charge in [0.25, 0.3) is 0 Å². The second kappa shape index (κ2) is 5.82. The van der Waals surface area contributed by atoms with Crippen LogP contribution in [-0.2, 0) is 11.3 Å². The molecular weight excluding hydrogens is 210 g/mol. The van der Waals surface area contributed by atoms with Gasteiger partial charge in [-0.15, -0.1) is 11.3 Å². The van der Waals surface area contributed by atoms with Crippen LogP contribution in [0.4, 0.5) is 0 Å². The van der Waals surface area contributed by atoms with Crippen molar-refractivity contribution in [3.05, 3.63) is 16.1 Å². The quantitative estimate of drug-likeness (QED) is 0.786. The van der Waals surface area contributed by atoms with Crippen molar-refractivity contribution in [2.75, 3.05) is 13.6 Å². The maximum atomic E-state index is 11.6. The average Bonchev–Trinajstić information content (AvgIpc) is 2.61. The number of nitrogens with one attached hydrogen (secondary N) is 2. The van der Waals surface area contributed by atoms with Crippen LogP contribution in [0, 0.1) is 12.8 Å². The van der Waals surface area contributed by atoms with Gasteiger partial charge in [-0.25, -0.2) is 4.98 Å². The van der Waals surface area contributed by atoms with E-state index in [9.17, 15) is 4.79 Å². The SMILES string of the molecule is CNCC(C)C(=O)NCc1scnc1C. The van der Waals surface area contributed by atoms with Crippen LogP contribution in [0.15, 0.2) is 5.51 Å². The van der Waals surface area contributed by atoms with Gasteiger partial charge < -0.3 is 10.6 Å². The molecule has 0 aliphatic heterocycles. The second-order valence-corrected chi connectivity index (χ2v) is 4.48. The molecule has 1 rings (SSSR count). The van der Waals surface area contributed by atoms with Gasteiger partial charge >= 0.3 is 0 Å². The molecule has 0 radical (unpaired) electrons. The van der Waals surface area contributed by atoms with E-state index < -0.39 is 0 Å². The number of hydrogen-bond acceptors (Lipinski definition) is 4. The summed E-state index contributed by atoms with van der Waals surface area (Å²) in [5, 5.41) is 5.88. The molecule has 1 atom stereocenters. The molecule has 84 valence electrons. The smallest absolute Gasteiger partial charge is 0.224 e. The Balaban J connectivity index is 2.37. The molecule has 5 heteroatoms. The van der Waals surface area contributed by atoms with Crippen molar-refractivity contribution < 1.29 is 4.79 Å². The fourth-order valence-corrected chi connectivity index (χ4v) is 1.95. The highest BCUT2D eigenvalue weighted by molar-refractivity contribution is 7.09. The third-order valence-electron chi connectivity index (χ3n) is 2.23. The van der Waals surface area contributed by atoms with Gasteiger partial charge in [-0.3, -0.25) is 4.79 Å². The summed E-state index contributed by atoms with van der Waals surface area (Å²) < 4.78 is 0. The maximum Gasteiger partial charge on any atom is 0.224 e. The molecular formula is C10H17N3OS. The highest BCUT2D eigenvalue weighted by Gasteiger charge is 2.11. The number of rotatable bonds is 5. The van der Waals surface area contributed by atoms with Gasteiger partial charge in [0.2, 0.25) is 5.91 Å². The number of carbonyl (C=O) groups is 1. The summed E-state index contributed by atoms with van der Waals surface area (Å²) in [6.45, 7) is 5.15. The van der Waals surface area contributed by atoms with Crippen molar-refractivity contribution in [2.45, 2.75) is 20.4 Å². The van der Waals surface area contributed by atoms with Crippen LogP contribution in [0.2, 0.25) is 0 Å². The molecule has 15 heavy (non-hydrogen) atoms. The molecule has 4 nitrogen and oxygen atoms in total. The zero-order valence-electron chi connectivity index (χ0n) is 9.33. The minimum Gasteiger partial charge on any atom is -0.351 e. The summed E-state index contributed by atoms with van der Waals surface area (Å²) in [7, 11) is 1.84. The summed E-state index contributed by atoms with van der Waals surface area (Å²) in [5.41, 5.74) is 2.80. The van der Waals surface area contributed by atoms with Crippen molar-refractivity contribution in [1.29, 1.82) is 0 Å². The minimum absolute atomic E-state index is 0.00299. The molecule has 0 saturated carbocycles. The van der Waals surface area contributed by atoms with Crippen molar-refractivity contribution in [3.8, 4) is 0 Å². The van der Waals surface area contributed by atoms with Gasteiger partial charge in [0, 0.05) is 17.3 Å². The third-order valence-corrected chi connectivity index (χ3v) is 3.16. The van der Waals surface area contributed by atoms with E-state index in [1.165, 1.54) is 0 Å². The first kappa shape index (κ1) is 12.1. The normalized spacial score (nSPS) is 12.5. The Morgan fingerprint density at radius 1 is 1.67 bits per heavy atom. The highest BCUT2D eigenvalue weighted by atomic mass is 32.1. The molecule has 1 aromatic heterocycles. The van der Waals surface area contributed by atoms with E-state index in [1.807, 2.05) is 20.9 Å². The fraction of sp³-hybridized carbons (Fsp3) is 0.600. The Bertz CT molecular complexity index is 324. The molecule has 0 aromatic carbocycles. The van der Waals surface area contributed by atoms with Gasteiger partial charge in [0.1, 0.15) is 0 Å². The summed E-state index contributed by atoms with van der Waals surface area (Å²) in [6, 6.07) is 0. The van der Waals surface area contributed by atoms with Crippen molar-refractivity contribution in [1.82, 2.24) is 15.6 Å². The van der Waals surface area contributed by atoms with Crippen LogP contribution < -0.4 is 10.6 Å². The lowest BCUT2D eigenvalue weighted by atomic mass is 10.1. The largest absolute Gasteiger partial charge is 0.351 e. The lowest BCUT2D eigenvalue weighted by Crippen LogP contribution is -2.33. The lowest BCUT2D eigenvalue weighted by Gasteiger charge is -2.10. The number of thiazole rings is 1. The van der Waals surface area contributed by atoms with Gasteiger partial charge in [0.05, 0.1) is 17.7 Å². The zero-order chi connectivity index (χ0) is 11.3. The number of nitrogens with zero attached hydrogens (tertiary/aromatic N) is 1. The Kier molecular flexibility index (Phi) is 4.71. The van der Waals surface area contributed by atoms with Crippen LogP contribution in [0.3, 0.4) is 0 Å². The second-order valence-electron chi connectivity index (χ2n) is 3.54. The molecule has 0 aliphatic rings. The van der Waals surface area contributed by atoms with E-state index in [0.29, 0.717) is 13.1 Å². The molecule has 1 aromatic rings. The molecule has 1 amide bonds. The van der Waals surface area contributed by atoms with Crippen LogP contribution >= 0.6 is 11.3 Å². The Labute approximate surface area is 94.1 Å². The monoisotopic (exact) mass is 227 g/mol. The first-order valence-electron chi connectivity index (χ1n) is 4.96. The van der Waals surface area contributed by atoms with Gasteiger partial charge in [-0.1, -0.05) is 6.92 Å². The van der Waals surface area contributed by atoms with Gasteiger partial charge in [0.15, 0.2) is 0 Å². The van der Waals surface area contributed by atoms with Crippen molar-refractivity contribution in [2.24, 2.45) is 5.92 Å². The molecule has 1 heterocycles. The van der Waals surface area contributed by atoms with Crippen molar-refractivity contribution >= 4 is 17.2 Å². The Morgan fingerprint density at radius 3 is 2.93 bits per heavy atom. The molecule has 2 N–H and O–H groups in total. The number of hydrogen-bond donors (Lipinski definition) is 2. The van der Waals surface area contributed by atoms with Crippen LogP contribution in [0.25, 0.3) is 0 Å². The molecule has 0 aliphatic carbocycles. The van der Waals surface area contributed by atoms with E-state index in [2.05, 4.69) is 15.6 Å². The standard InChI is InChI=1S/C10H17N3OS/c1-7(4-11-3)10(14)12-5-9-8(2)13-6-15-9/h6-7,11H,4-5H2,1-3H3,(H,12,14). The summed E-state index contributed by atoms with van der Waals surface area (Å²) in [4.78, 5) is 16.8. The summed E-state index contributed by atoms with van der Waals surface area (Å²) in [6.07, 6.45) is 0. The first-order valence-corrected chi connectivity index (χ1v) is 5.84. The van der Waals surface area contributed by atoms with Gasteiger partial charge in [-0.05, 0) is 14.0 Å². The van der Waals surface area contributed by atoms with Crippen molar-refractivity contribution in [3.63, 3.8) is 0 Å². The molecule has 0 saturated heterocycles. The lowest BCUT2D eigenvalue weighted by molar-refractivity contribution is -0.124. The summed E-state index contributed by atoms with van der Waals surface area (Å²) >= 11 is 1.58. The predicted octanol–water partition coefficient (Wildman–Crippen LogP) is 0.923. The van der Waals surface area contributed by atoms with E-state index in [-0.39, 0.29) is 11.8 Å². The predicted molar refractivity (Wildman–Crippen MR) is 61.8 cm³/mol. The number of amides is 1. The molecule has 0 fully saturated rings. The number of carbonyl (C=O) groups excluding carboxylic acids is 1. The van der Waals surface area contributed by atoms with E-state index in [1.54, 1.807) is 16.8 Å². The van der Waals surface area contributed by atoms with E-state index in [4.69, 9.17) is 0 Å². The minimum atomic E-state index is 0.00299. The molecule has 1 unspecified atom stereocenters. The Hall–Kier alpha value is -0.940. The van der Waals surface area contributed by atoms with E-state index in [0.717, 1.165) is 10.6 Å². The number of aromatic nitrogens is 1. The molecule has 0 bridgehead atoms. The maximum absolute atomic E-state index is 11.6. The third kappa shape index (κ3) is 3.60. The zero-order valence-corrected chi connectivity index (χ0v) is 10.1. The Morgan fingerprint density at radius 2 is 2.40 bits per heavy atom. The first-order chi connectivity index (χ1) is 7.15. The van der Waals surface area contributed by atoms with Crippen LogP contribution in [0.1, 0.15) is 17.5 Å². The number of aryl methyl sites for hydroxylation is 1. The van der Waals surface area contributed by atoms with E-state index >= 15 is 0 Å². The van der Waals surface area contributed by atoms with Crippen LogP contribution in [-0.4, -0.2) is 24.5 Å². The van der Waals surface area contributed by atoms with Gasteiger partial charge in [-0.2, -0.15) is 0 Å².